The lowest BCUT2D eigenvalue weighted by Gasteiger charge is -2.01. The maximum absolute atomic E-state index is 3.35. The molecular weight excluding hydrogens is 273 g/mol. The van der Waals surface area contributed by atoms with Crippen LogP contribution < -0.4 is 5.32 Å². The summed E-state index contributed by atoms with van der Waals surface area (Å²) in [6, 6.07) is 10.4. The summed E-state index contributed by atoms with van der Waals surface area (Å²) in [4.78, 5) is 0. The number of hydrogen-bond acceptors (Lipinski definition) is 1. The zero-order valence-electron chi connectivity index (χ0n) is 7.76. The lowest BCUT2D eigenvalue weighted by Crippen LogP contribution is -2.12. The average Bonchev–Trinajstić information content (AvgIpc) is 2.14. The Morgan fingerprint density at radius 1 is 1.38 bits per heavy atom. The minimum Gasteiger partial charge on any atom is -0.309 e. The van der Waals surface area contributed by atoms with Crippen LogP contribution in [0, 0.1) is 0 Å². The first kappa shape index (κ1) is 10.7. The van der Waals surface area contributed by atoms with Crippen LogP contribution in [-0.4, -0.2) is 6.54 Å². The molecule has 1 nitrogen and oxygen atoms in total. The van der Waals surface area contributed by atoms with Crippen LogP contribution >= 0.6 is 22.6 Å². The van der Waals surface area contributed by atoms with E-state index in [0.29, 0.717) is 0 Å². The highest BCUT2D eigenvalue weighted by Crippen LogP contribution is 2.01. The Balaban J connectivity index is 2.25. The van der Waals surface area contributed by atoms with E-state index in [1.54, 1.807) is 0 Å². The van der Waals surface area contributed by atoms with Crippen molar-refractivity contribution in [1.29, 1.82) is 0 Å². The fourth-order valence-corrected chi connectivity index (χ4v) is 1.25. The van der Waals surface area contributed by atoms with Crippen LogP contribution in [0.4, 0.5) is 0 Å². The molecule has 1 aromatic rings. The van der Waals surface area contributed by atoms with Gasteiger partial charge in [0, 0.05) is 13.1 Å². The second-order valence-electron chi connectivity index (χ2n) is 2.91. The topological polar surface area (TPSA) is 12.0 Å². The maximum Gasteiger partial charge on any atom is 0.0208 e. The Bertz CT molecular complexity index is 263. The molecule has 0 bridgehead atoms. The largest absolute Gasteiger partial charge is 0.309 e. The van der Waals surface area contributed by atoms with Gasteiger partial charge in [0.25, 0.3) is 0 Å². The van der Waals surface area contributed by atoms with Gasteiger partial charge in [0.15, 0.2) is 0 Å². The fraction of sp³-hybridized carbons (Fsp3) is 0.273. The molecule has 0 heterocycles. The molecule has 0 aliphatic rings. The quantitative estimate of drug-likeness (QED) is 0.662. The summed E-state index contributed by atoms with van der Waals surface area (Å²) >= 11 is 2.32. The highest BCUT2D eigenvalue weighted by molar-refractivity contribution is 14.1. The van der Waals surface area contributed by atoms with Crippen molar-refractivity contribution >= 4 is 22.6 Å². The molecule has 0 radical (unpaired) electrons. The van der Waals surface area contributed by atoms with Gasteiger partial charge in [0.1, 0.15) is 0 Å². The summed E-state index contributed by atoms with van der Waals surface area (Å²) < 4.78 is 1.33. The molecule has 0 saturated heterocycles. The molecule has 0 spiro atoms. The Morgan fingerprint density at radius 3 is 2.69 bits per heavy atom. The van der Waals surface area contributed by atoms with Gasteiger partial charge in [-0.3, -0.25) is 0 Å². The first-order valence-corrected chi connectivity index (χ1v) is 5.44. The Kier molecular flexibility index (Phi) is 5.08. The summed E-state index contributed by atoms with van der Waals surface area (Å²) in [6.07, 6.45) is 2.18. The standard InChI is InChI=1S/C11H14IN/c1-10(12)7-8-13-9-11-5-3-2-4-6-11/h2-7,13H,8-9H2,1H3/b10-7-. The molecule has 1 aromatic carbocycles. The average molecular weight is 287 g/mol. The number of benzene rings is 1. The van der Waals surface area contributed by atoms with Gasteiger partial charge in [-0.1, -0.05) is 36.4 Å². The second-order valence-corrected chi connectivity index (χ2v) is 4.61. The smallest absolute Gasteiger partial charge is 0.0208 e. The van der Waals surface area contributed by atoms with Crippen molar-refractivity contribution in [2.45, 2.75) is 13.5 Å². The number of allylic oxidation sites excluding steroid dienone is 1. The van der Waals surface area contributed by atoms with E-state index in [4.69, 9.17) is 0 Å². The van der Waals surface area contributed by atoms with Crippen molar-refractivity contribution in [1.82, 2.24) is 5.32 Å². The minimum absolute atomic E-state index is 0.946. The highest BCUT2D eigenvalue weighted by Gasteiger charge is 1.88. The molecule has 0 aliphatic heterocycles. The predicted molar refractivity (Wildman–Crippen MR) is 65.9 cm³/mol. The molecule has 0 aromatic heterocycles. The summed E-state index contributed by atoms with van der Waals surface area (Å²) in [7, 11) is 0. The van der Waals surface area contributed by atoms with Gasteiger partial charge in [-0.05, 0) is 38.7 Å². The molecular formula is C11H14IN. The van der Waals surface area contributed by atoms with Crippen molar-refractivity contribution in [3.63, 3.8) is 0 Å². The van der Waals surface area contributed by atoms with Crippen LogP contribution in [0.15, 0.2) is 40.0 Å². The third-order valence-corrected chi connectivity index (χ3v) is 2.14. The molecule has 70 valence electrons. The maximum atomic E-state index is 3.35. The highest BCUT2D eigenvalue weighted by atomic mass is 127. The zero-order valence-corrected chi connectivity index (χ0v) is 9.91. The minimum atomic E-state index is 0.946. The fourth-order valence-electron chi connectivity index (χ4n) is 1.03. The van der Waals surface area contributed by atoms with E-state index in [1.165, 1.54) is 9.14 Å². The molecule has 0 atom stereocenters. The van der Waals surface area contributed by atoms with E-state index in [-0.39, 0.29) is 0 Å². The van der Waals surface area contributed by atoms with E-state index in [0.717, 1.165) is 13.1 Å². The van der Waals surface area contributed by atoms with Crippen molar-refractivity contribution in [3.8, 4) is 0 Å². The van der Waals surface area contributed by atoms with Gasteiger partial charge in [0.05, 0.1) is 0 Å². The Hall–Kier alpha value is -0.350. The van der Waals surface area contributed by atoms with Gasteiger partial charge >= 0.3 is 0 Å². The predicted octanol–water partition coefficient (Wildman–Crippen LogP) is 3.12. The summed E-state index contributed by atoms with van der Waals surface area (Å²) in [5, 5.41) is 3.35. The molecule has 0 amide bonds. The first-order valence-electron chi connectivity index (χ1n) is 4.36. The number of rotatable bonds is 4. The van der Waals surface area contributed by atoms with Crippen LogP contribution in [0.25, 0.3) is 0 Å². The molecule has 1 rings (SSSR count). The van der Waals surface area contributed by atoms with Crippen LogP contribution in [0.1, 0.15) is 12.5 Å². The van der Waals surface area contributed by atoms with E-state index >= 15 is 0 Å². The molecule has 13 heavy (non-hydrogen) atoms. The van der Waals surface area contributed by atoms with Crippen LogP contribution in [-0.2, 0) is 6.54 Å². The van der Waals surface area contributed by atoms with Gasteiger partial charge in [-0.2, -0.15) is 0 Å². The van der Waals surface area contributed by atoms with Crippen molar-refractivity contribution < 1.29 is 0 Å². The number of nitrogens with one attached hydrogen (secondary N) is 1. The van der Waals surface area contributed by atoms with E-state index < -0.39 is 0 Å². The second kappa shape index (κ2) is 6.16. The molecule has 1 N–H and O–H groups in total. The van der Waals surface area contributed by atoms with Crippen molar-refractivity contribution in [2.24, 2.45) is 0 Å². The lowest BCUT2D eigenvalue weighted by molar-refractivity contribution is 0.759. The zero-order chi connectivity index (χ0) is 9.52. The number of hydrogen-bond donors (Lipinski definition) is 1. The molecule has 0 aliphatic carbocycles. The summed E-state index contributed by atoms with van der Waals surface area (Å²) in [5.74, 6) is 0. The molecule has 0 unspecified atom stereocenters. The summed E-state index contributed by atoms with van der Waals surface area (Å²) in [6.45, 7) is 4.00. The Labute approximate surface area is 93.4 Å². The van der Waals surface area contributed by atoms with E-state index in [2.05, 4.69) is 65.2 Å². The van der Waals surface area contributed by atoms with E-state index in [1.807, 2.05) is 6.07 Å². The SMILES string of the molecule is C/C(I)=C/CNCc1ccccc1. The van der Waals surface area contributed by atoms with Gasteiger partial charge in [-0.25, -0.2) is 0 Å². The van der Waals surface area contributed by atoms with Crippen LogP contribution in [0.2, 0.25) is 0 Å². The van der Waals surface area contributed by atoms with Crippen molar-refractivity contribution in [3.05, 3.63) is 45.6 Å². The summed E-state index contributed by atoms with van der Waals surface area (Å²) in [5.41, 5.74) is 1.34. The van der Waals surface area contributed by atoms with Crippen LogP contribution in [0.3, 0.4) is 0 Å². The van der Waals surface area contributed by atoms with Gasteiger partial charge in [-0.15, -0.1) is 0 Å². The van der Waals surface area contributed by atoms with Crippen molar-refractivity contribution in [2.75, 3.05) is 6.54 Å². The third kappa shape index (κ3) is 5.05. The monoisotopic (exact) mass is 287 g/mol. The van der Waals surface area contributed by atoms with Gasteiger partial charge < -0.3 is 5.32 Å². The lowest BCUT2D eigenvalue weighted by atomic mass is 10.2. The molecule has 2 heteroatoms. The van der Waals surface area contributed by atoms with Crippen LogP contribution in [0.5, 0.6) is 0 Å². The molecule has 0 saturated carbocycles. The Morgan fingerprint density at radius 2 is 2.08 bits per heavy atom. The number of halogens is 1. The first-order chi connectivity index (χ1) is 6.29. The van der Waals surface area contributed by atoms with Gasteiger partial charge in [0.2, 0.25) is 0 Å². The third-order valence-electron chi connectivity index (χ3n) is 1.70. The normalized spacial score (nSPS) is 11.7. The molecule has 0 fully saturated rings. The van der Waals surface area contributed by atoms with E-state index in [9.17, 15) is 0 Å².